The molecule has 8 heteroatoms. The molecule has 1 fully saturated rings. The second kappa shape index (κ2) is 7.98. The molecule has 1 heterocycles. The minimum Gasteiger partial charge on any atom is -0.494 e. The van der Waals surface area contributed by atoms with Crippen LogP contribution in [0.1, 0.15) is 19.8 Å². The number of nitrogens with one attached hydrogen (secondary N) is 1. The van der Waals surface area contributed by atoms with Crippen molar-refractivity contribution in [1.29, 1.82) is 0 Å². The molecule has 154 valence electrons. The maximum absolute atomic E-state index is 12.8. The van der Waals surface area contributed by atoms with Crippen LogP contribution in [-0.4, -0.2) is 23.3 Å². The van der Waals surface area contributed by atoms with Crippen LogP contribution in [0.3, 0.4) is 0 Å². The van der Waals surface area contributed by atoms with Crippen LogP contribution in [0.25, 0.3) is 0 Å². The van der Waals surface area contributed by atoms with E-state index in [1.807, 2.05) is 19.1 Å². The third-order valence-electron chi connectivity index (χ3n) is 5.39. The van der Waals surface area contributed by atoms with Gasteiger partial charge in [-0.05, 0) is 56.2 Å². The van der Waals surface area contributed by atoms with Crippen LogP contribution in [0, 0.1) is 22.0 Å². The fraction of sp³-hybridized carbons (Fsp3) is 0.273. The summed E-state index contributed by atoms with van der Waals surface area (Å²) in [6.45, 7) is 2.43. The van der Waals surface area contributed by atoms with Gasteiger partial charge in [0.15, 0.2) is 0 Å². The molecule has 2 atom stereocenters. The highest BCUT2D eigenvalue weighted by Gasteiger charge is 2.48. The maximum Gasteiger partial charge on any atom is 0.294 e. The zero-order valence-electron chi connectivity index (χ0n) is 16.4. The number of nitrogens with zero attached hydrogens (tertiary/aromatic N) is 2. The van der Waals surface area contributed by atoms with E-state index in [9.17, 15) is 19.7 Å². The highest BCUT2D eigenvalue weighted by molar-refractivity contribution is 6.22. The average molecular weight is 407 g/mol. The van der Waals surface area contributed by atoms with Crippen LogP contribution in [-0.2, 0) is 9.59 Å². The van der Waals surface area contributed by atoms with Crippen LogP contribution in [0.4, 0.5) is 22.7 Å². The number of hydrogen-bond acceptors (Lipinski definition) is 6. The van der Waals surface area contributed by atoms with Crippen molar-refractivity contribution < 1.29 is 19.2 Å². The molecule has 0 bridgehead atoms. The average Bonchev–Trinajstić information content (AvgIpc) is 3.00. The Hall–Kier alpha value is -3.68. The van der Waals surface area contributed by atoms with Crippen LogP contribution in [0.15, 0.2) is 54.6 Å². The van der Waals surface area contributed by atoms with Crippen molar-refractivity contribution in [2.24, 2.45) is 11.8 Å². The van der Waals surface area contributed by atoms with Gasteiger partial charge in [-0.3, -0.25) is 19.7 Å². The molecule has 2 aliphatic rings. The third kappa shape index (κ3) is 3.52. The summed E-state index contributed by atoms with van der Waals surface area (Å²) in [5.41, 5.74) is 0.934. The largest absolute Gasteiger partial charge is 0.494 e. The smallest absolute Gasteiger partial charge is 0.294 e. The Morgan fingerprint density at radius 2 is 1.70 bits per heavy atom. The first-order valence-electron chi connectivity index (χ1n) is 9.80. The molecule has 4 rings (SSSR count). The van der Waals surface area contributed by atoms with E-state index in [4.69, 9.17) is 4.74 Å². The van der Waals surface area contributed by atoms with Gasteiger partial charge in [0.25, 0.3) is 5.69 Å². The number of amides is 2. The highest BCUT2D eigenvalue weighted by atomic mass is 16.6. The lowest BCUT2D eigenvalue weighted by Crippen LogP contribution is -2.30. The summed E-state index contributed by atoms with van der Waals surface area (Å²) in [5.74, 6) is -0.659. The van der Waals surface area contributed by atoms with Gasteiger partial charge >= 0.3 is 0 Å². The summed E-state index contributed by atoms with van der Waals surface area (Å²) in [4.78, 5) is 37.8. The molecule has 2 aromatic rings. The van der Waals surface area contributed by atoms with E-state index in [2.05, 4.69) is 5.32 Å². The zero-order valence-corrected chi connectivity index (χ0v) is 16.4. The van der Waals surface area contributed by atoms with Gasteiger partial charge in [0, 0.05) is 11.8 Å². The zero-order chi connectivity index (χ0) is 21.3. The fourth-order valence-corrected chi connectivity index (χ4v) is 3.93. The number of allylic oxidation sites excluding steroid dienone is 2. The number of anilines is 3. The minimum absolute atomic E-state index is 0.213. The Morgan fingerprint density at radius 3 is 2.27 bits per heavy atom. The van der Waals surface area contributed by atoms with Crippen LogP contribution in [0.5, 0.6) is 5.75 Å². The van der Waals surface area contributed by atoms with Crippen LogP contribution in [0.2, 0.25) is 0 Å². The fourth-order valence-electron chi connectivity index (χ4n) is 3.93. The van der Waals surface area contributed by atoms with Crippen LogP contribution < -0.4 is 15.0 Å². The molecule has 1 aliphatic carbocycles. The molecule has 2 amide bonds. The molecule has 8 nitrogen and oxygen atoms in total. The van der Waals surface area contributed by atoms with Gasteiger partial charge in [0.05, 0.1) is 29.1 Å². The molecule has 2 aromatic carbocycles. The quantitative estimate of drug-likeness (QED) is 0.333. The van der Waals surface area contributed by atoms with E-state index in [-0.39, 0.29) is 40.7 Å². The predicted octanol–water partition coefficient (Wildman–Crippen LogP) is 4.19. The predicted molar refractivity (Wildman–Crippen MR) is 112 cm³/mol. The molecule has 30 heavy (non-hydrogen) atoms. The molecular weight excluding hydrogens is 386 g/mol. The summed E-state index contributed by atoms with van der Waals surface area (Å²) in [5, 5.41) is 14.7. The number of nitro benzene ring substituents is 1. The normalized spacial score (nSPS) is 20.2. The minimum atomic E-state index is -0.528. The van der Waals surface area contributed by atoms with E-state index in [1.165, 1.54) is 12.1 Å². The topological polar surface area (TPSA) is 102 Å². The molecule has 0 unspecified atom stereocenters. The highest BCUT2D eigenvalue weighted by Crippen LogP contribution is 2.40. The number of ether oxygens (including phenoxy) is 1. The molecule has 0 aromatic heterocycles. The molecular formula is C22H21N3O5. The lowest BCUT2D eigenvalue weighted by molar-refractivity contribution is -0.383. The molecule has 1 saturated heterocycles. The Kier molecular flexibility index (Phi) is 5.22. The third-order valence-corrected chi connectivity index (χ3v) is 5.39. The number of carbonyl (C=O) groups is 2. The maximum atomic E-state index is 12.8. The number of carbonyl (C=O) groups excluding carboxylic acids is 2. The Balaban J connectivity index is 1.62. The first-order chi connectivity index (χ1) is 14.5. The van der Waals surface area contributed by atoms with E-state index in [0.717, 1.165) is 4.90 Å². The summed E-state index contributed by atoms with van der Waals surface area (Å²) in [7, 11) is 0. The Labute approximate surface area is 173 Å². The second-order valence-electron chi connectivity index (χ2n) is 7.21. The van der Waals surface area contributed by atoms with Crippen molar-refractivity contribution >= 4 is 34.6 Å². The van der Waals surface area contributed by atoms with E-state index in [1.54, 1.807) is 30.3 Å². The van der Waals surface area contributed by atoms with Gasteiger partial charge in [-0.15, -0.1) is 0 Å². The molecule has 0 saturated carbocycles. The summed E-state index contributed by atoms with van der Waals surface area (Å²) >= 11 is 0. The Morgan fingerprint density at radius 1 is 1.07 bits per heavy atom. The van der Waals surface area contributed by atoms with Crippen molar-refractivity contribution in [2.75, 3.05) is 16.8 Å². The number of benzene rings is 2. The van der Waals surface area contributed by atoms with Gasteiger partial charge in [-0.1, -0.05) is 12.2 Å². The first kappa shape index (κ1) is 19.6. The number of nitro groups is 1. The monoisotopic (exact) mass is 407 g/mol. The lowest BCUT2D eigenvalue weighted by Gasteiger charge is -2.16. The van der Waals surface area contributed by atoms with Crippen molar-refractivity contribution in [3.05, 3.63) is 64.7 Å². The lowest BCUT2D eigenvalue weighted by atomic mass is 9.85. The summed E-state index contributed by atoms with van der Waals surface area (Å²) < 4.78 is 5.40. The van der Waals surface area contributed by atoms with Crippen molar-refractivity contribution in [3.8, 4) is 5.75 Å². The van der Waals surface area contributed by atoms with E-state index < -0.39 is 4.92 Å². The van der Waals surface area contributed by atoms with Crippen molar-refractivity contribution in [1.82, 2.24) is 0 Å². The standard InChI is InChI=1S/C22H21N3O5/c1-2-30-16-10-7-14(8-11-16)23-19-12-9-15(13-20(19)25(28)29)24-21(26)17-5-3-4-6-18(17)22(24)27/h3-4,7-13,17-18,23H,2,5-6H2,1H3/t17-,18+. The summed E-state index contributed by atoms with van der Waals surface area (Å²) in [6.07, 6.45) is 4.85. The van der Waals surface area contributed by atoms with E-state index in [0.29, 0.717) is 30.9 Å². The summed E-state index contributed by atoms with van der Waals surface area (Å²) in [6, 6.07) is 11.4. The van der Waals surface area contributed by atoms with Crippen molar-refractivity contribution in [2.45, 2.75) is 19.8 Å². The van der Waals surface area contributed by atoms with Gasteiger partial charge in [-0.2, -0.15) is 0 Å². The van der Waals surface area contributed by atoms with Gasteiger partial charge < -0.3 is 10.1 Å². The number of imide groups is 1. The Bertz CT molecular complexity index is 1010. The molecule has 1 aliphatic heterocycles. The molecule has 0 radical (unpaired) electrons. The van der Waals surface area contributed by atoms with Crippen LogP contribution >= 0.6 is 0 Å². The number of rotatable bonds is 6. The van der Waals surface area contributed by atoms with Gasteiger partial charge in [-0.25, -0.2) is 4.90 Å². The van der Waals surface area contributed by atoms with Crippen molar-refractivity contribution in [3.63, 3.8) is 0 Å². The van der Waals surface area contributed by atoms with Gasteiger partial charge in [0.2, 0.25) is 11.8 Å². The van der Waals surface area contributed by atoms with Gasteiger partial charge in [0.1, 0.15) is 11.4 Å². The molecule has 1 N–H and O–H groups in total. The number of fused-ring (bicyclic) bond motifs is 1. The number of hydrogen-bond donors (Lipinski definition) is 1. The van der Waals surface area contributed by atoms with E-state index >= 15 is 0 Å². The second-order valence-corrected chi connectivity index (χ2v) is 7.21. The molecule has 0 spiro atoms. The SMILES string of the molecule is CCOc1ccc(Nc2ccc(N3C(=O)[C@H]4CC=CC[C@H]4C3=O)cc2[N+](=O)[O-])cc1. The first-order valence-corrected chi connectivity index (χ1v) is 9.80.